The van der Waals surface area contributed by atoms with E-state index in [1.165, 1.54) is 22.3 Å². The molecule has 5 fully saturated rings. The minimum absolute atomic E-state index is 0.0179. The molecule has 4 heterocycles. The van der Waals surface area contributed by atoms with Crippen LogP contribution in [0.4, 0.5) is 9.93 Å². The topological polar surface area (TPSA) is 194 Å². The third-order valence-electron chi connectivity index (χ3n) is 13.9. The Morgan fingerprint density at radius 2 is 1.82 bits per heavy atom. The first-order chi connectivity index (χ1) is 30.9. The van der Waals surface area contributed by atoms with E-state index in [-0.39, 0.29) is 42.7 Å². The van der Waals surface area contributed by atoms with Gasteiger partial charge in [0.2, 0.25) is 11.8 Å². The lowest BCUT2D eigenvalue weighted by Crippen LogP contribution is -2.59. The molecule has 352 valence electrons. The smallest absolute Gasteiger partial charge is 0.408 e. The van der Waals surface area contributed by atoms with E-state index >= 15 is 0 Å². The van der Waals surface area contributed by atoms with E-state index in [2.05, 4.69) is 34.4 Å². The van der Waals surface area contributed by atoms with E-state index in [1.807, 2.05) is 46.1 Å². The van der Waals surface area contributed by atoms with E-state index in [0.717, 1.165) is 32.4 Å². The molecular formula is C47H62ClN7O9S. The van der Waals surface area contributed by atoms with Crippen LogP contribution >= 0.6 is 22.9 Å². The number of carboxylic acid groups (broad SMARTS) is 1. The third-order valence-corrected chi connectivity index (χ3v) is 15.0. The van der Waals surface area contributed by atoms with Crippen LogP contribution in [0.3, 0.4) is 0 Å². The van der Waals surface area contributed by atoms with E-state index in [0.29, 0.717) is 69.8 Å². The summed E-state index contributed by atoms with van der Waals surface area (Å²) in [5.41, 5.74) is -0.855. The molecule has 3 aliphatic carbocycles. The Balaban J connectivity index is 1.08. The van der Waals surface area contributed by atoms with Crippen LogP contribution in [0.15, 0.2) is 36.2 Å². The first-order valence-corrected chi connectivity index (χ1v) is 24.0. The van der Waals surface area contributed by atoms with Crippen molar-refractivity contribution in [2.75, 3.05) is 45.2 Å². The van der Waals surface area contributed by atoms with Crippen molar-refractivity contribution in [2.45, 2.75) is 116 Å². The van der Waals surface area contributed by atoms with E-state index in [1.54, 1.807) is 19.2 Å². The summed E-state index contributed by atoms with van der Waals surface area (Å²) in [7, 11) is 1.73. The summed E-state index contributed by atoms with van der Waals surface area (Å²) in [5, 5.41) is 22.6. The molecule has 0 spiro atoms. The Bertz CT molecular complexity index is 2310. The Kier molecular flexibility index (Phi) is 13.3. The molecule has 16 nitrogen and oxygen atoms in total. The number of amides is 3. The molecule has 3 aromatic rings. The van der Waals surface area contributed by atoms with Gasteiger partial charge in [0.25, 0.3) is 0 Å². The largest absolute Gasteiger partial charge is 0.491 e. The van der Waals surface area contributed by atoms with Gasteiger partial charge in [-0.15, -0.1) is 17.9 Å². The highest BCUT2D eigenvalue weighted by atomic mass is 35.5. The summed E-state index contributed by atoms with van der Waals surface area (Å²) < 4.78 is 24.4. The van der Waals surface area contributed by atoms with Crippen LogP contribution in [0.5, 0.6) is 11.5 Å². The van der Waals surface area contributed by atoms with Gasteiger partial charge in [0, 0.05) is 62.0 Å². The van der Waals surface area contributed by atoms with Gasteiger partial charge in [-0.25, -0.2) is 19.6 Å². The molecule has 1 unspecified atom stereocenters. The minimum atomic E-state index is -1.54. The molecule has 8 rings (SSSR count). The van der Waals surface area contributed by atoms with Crippen molar-refractivity contribution in [1.82, 2.24) is 30.4 Å². The maximum absolute atomic E-state index is 14.9. The Labute approximate surface area is 389 Å². The maximum Gasteiger partial charge on any atom is 0.408 e. The summed E-state index contributed by atoms with van der Waals surface area (Å²) in [6.45, 7) is 18.3. The zero-order chi connectivity index (χ0) is 46.5. The van der Waals surface area contributed by atoms with Crippen LogP contribution in [-0.2, 0) is 23.9 Å². The number of nitrogens with zero attached hydrogens (tertiary/aromatic N) is 4. The fourth-order valence-electron chi connectivity index (χ4n) is 9.94. The molecular weight excluding hydrogens is 874 g/mol. The maximum atomic E-state index is 14.9. The highest BCUT2D eigenvalue weighted by molar-refractivity contribution is 7.14. The van der Waals surface area contributed by atoms with Gasteiger partial charge in [-0.1, -0.05) is 45.4 Å². The standard InChI is InChI=1S/C47H62ClN7O9S/c1-9-26-20-47(26,43(58)59)53-41(56)35-18-29(22-55(35)42(57)40(46(5,6)7)52-45(60)64-28-16-31-25(4)32(31)17-28)63-37-19-33(34-23-65-44(51-34)49-24(2)3)50-39-30(37)10-11-36(38(39)48)62-15-14-54-13-12-27(21-54)61-8/h9-11,19,23-29,31-32,35,40H,1,12-18,20-22H2,2-8H3,(H,49,51)(H,52,60)(H,53,56)(H,58,59)/t25-,26-,27-,28+,29?,31+,32-,35+,40-,47-/m1/s1. The second-order valence-electron chi connectivity index (χ2n) is 19.8. The number of aromatic nitrogens is 2. The molecule has 3 amide bonds. The zero-order valence-corrected chi connectivity index (χ0v) is 39.8. The lowest BCUT2D eigenvalue weighted by molar-refractivity contribution is -0.146. The van der Waals surface area contributed by atoms with Gasteiger partial charge in [-0.3, -0.25) is 14.5 Å². The van der Waals surface area contributed by atoms with Crippen LogP contribution in [0.2, 0.25) is 5.02 Å². The number of carbonyl (C=O) groups is 4. The quantitative estimate of drug-likeness (QED) is 0.106. The van der Waals surface area contributed by atoms with Gasteiger partial charge in [0.05, 0.1) is 23.9 Å². The van der Waals surface area contributed by atoms with Gasteiger partial charge in [0.1, 0.15) is 58.7 Å². The number of rotatable bonds is 17. The number of hydrogen-bond donors (Lipinski definition) is 4. The van der Waals surface area contributed by atoms with Gasteiger partial charge in [-0.2, -0.15) is 0 Å². The molecule has 1 aromatic carbocycles. The van der Waals surface area contributed by atoms with Crippen molar-refractivity contribution < 1.29 is 43.2 Å². The average Bonchev–Trinajstić information content (AvgIpc) is 3.67. The highest BCUT2D eigenvalue weighted by Gasteiger charge is 2.61. The number of fused-ring (bicyclic) bond motifs is 2. The van der Waals surface area contributed by atoms with Crippen molar-refractivity contribution >= 4 is 62.8 Å². The molecule has 2 aliphatic heterocycles. The number of alkyl carbamates (subject to hydrolysis) is 1. The van der Waals surface area contributed by atoms with Crippen molar-refractivity contribution in [2.24, 2.45) is 29.1 Å². The normalized spacial score (nSPS) is 28.7. The van der Waals surface area contributed by atoms with Crippen LogP contribution in [0.25, 0.3) is 22.3 Å². The minimum Gasteiger partial charge on any atom is -0.491 e. The molecule has 4 N–H and O–H groups in total. The number of hydrogen-bond acceptors (Lipinski definition) is 13. The Hall–Kier alpha value is -4.71. The number of carboxylic acids is 1. The van der Waals surface area contributed by atoms with Crippen molar-refractivity contribution in [3.63, 3.8) is 0 Å². The van der Waals surface area contributed by atoms with Crippen molar-refractivity contribution in [3.05, 3.63) is 41.3 Å². The molecule has 5 aliphatic rings. The number of methoxy groups -OCH3 is 1. The number of carbonyl (C=O) groups excluding carboxylic acids is 3. The molecule has 65 heavy (non-hydrogen) atoms. The second-order valence-corrected chi connectivity index (χ2v) is 21.1. The predicted octanol–water partition coefficient (Wildman–Crippen LogP) is 6.61. The Morgan fingerprint density at radius 1 is 1.06 bits per heavy atom. The number of ether oxygens (including phenoxy) is 4. The second kappa shape index (κ2) is 18.5. The number of anilines is 1. The monoisotopic (exact) mass is 935 g/mol. The number of likely N-dealkylation sites (tertiary alicyclic amines) is 2. The molecule has 10 atom stereocenters. The SMILES string of the molecule is C=C[C@@H]1C[C@]1(NC(=O)[C@@H]1CC(Oc2cc(-c3csc(NC(C)C)n3)nc3c(Cl)c(OCCN4CC[C@@H](OC)C4)ccc23)CN1C(=O)[C@@H](NC(=O)O[C@@H]1C[C@@H]2[C@H](C)[C@@H]2C1)C(C)(C)C)C(=O)O. The highest BCUT2D eigenvalue weighted by Crippen LogP contribution is 2.57. The van der Waals surface area contributed by atoms with E-state index in [4.69, 9.17) is 40.5 Å². The fourth-order valence-corrected chi connectivity index (χ4v) is 11.1. The lowest BCUT2D eigenvalue weighted by Gasteiger charge is -2.35. The molecule has 18 heteroatoms. The number of benzene rings is 1. The number of nitrogens with one attached hydrogen (secondary N) is 3. The first-order valence-electron chi connectivity index (χ1n) is 22.7. The van der Waals surface area contributed by atoms with Crippen LogP contribution < -0.4 is 25.4 Å². The third kappa shape index (κ3) is 9.89. The van der Waals surface area contributed by atoms with Gasteiger partial charge in [-0.05, 0) is 74.8 Å². The van der Waals surface area contributed by atoms with E-state index < -0.39 is 58.9 Å². The predicted molar refractivity (Wildman–Crippen MR) is 247 cm³/mol. The van der Waals surface area contributed by atoms with Crippen LogP contribution in [-0.4, -0.2) is 131 Å². The fraction of sp³-hybridized carbons (Fsp3) is 0.617. The summed E-state index contributed by atoms with van der Waals surface area (Å²) in [6, 6.07) is 3.29. The number of halogens is 1. The molecule has 0 bridgehead atoms. The number of pyridine rings is 1. The summed E-state index contributed by atoms with van der Waals surface area (Å²) >= 11 is 8.57. The van der Waals surface area contributed by atoms with Gasteiger partial charge < -0.3 is 44.9 Å². The lowest BCUT2D eigenvalue weighted by atomic mass is 9.85. The number of thiazole rings is 1. The summed E-state index contributed by atoms with van der Waals surface area (Å²) in [4.78, 5) is 68.6. The summed E-state index contributed by atoms with van der Waals surface area (Å²) in [6.07, 6.45) is 2.81. The van der Waals surface area contributed by atoms with E-state index in [9.17, 15) is 24.3 Å². The van der Waals surface area contributed by atoms with Crippen molar-refractivity contribution in [1.29, 1.82) is 0 Å². The first kappa shape index (κ1) is 46.8. The van der Waals surface area contributed by atoms with Crippen LogP contribution in [0.1, 0.15) is 73.6 Å². The zero-order valence-electron chi connectivity index (χ0n) is 38.2. The summed E-state index contributed by atoms with van der Waals surface area (Å²) in [5.74, 6) is -0.220. The number of aliphatic carboxylic acids is 1. The molecule has 2 aromatic heterocycles. The molecule has 3 saturated carbocycles. The van der Waals surface area contributed by atoms with Crippen LogP contribution in [0, 0.1) is 29.1 Å². The van der Waals surface area contributed by atoms with Gasteiger partial charge >= 0.3 is 12.1 Å². The molecule has 0 radical (unpaired) electrons. The van der Waals surface area contributed by atoms with Gasteiger partial charge in [0.15, 0.2) is 5.13 Å². The Morgan fingerprint density at radius 3 is 2.46 bits per heavy atom. The average molecular weight is 937 g/mol. The van der Waals surface area contributed by atoms with Crippen molar-refractivity contribution in [3.8, 4) is 22.9 Å². The molecule has 2 saturated heterocycles.